The molecule has 0 spiro atoms. The summed E-state index contributed by atoms with van der Waals surface area (Å²) in [6.45, 7) is 24.7. The number of likely N-dealkylation sites (N-methyl/N-ethyl adjacent to an activating group) is 1. The maximum absolute atomic E-state index is 16.1. The number of ether oxygens (including phenoxy) is 2. The number of esters is 2. The molecule has 8 aliphatic rings. The minimum absolute atomic E-state index is 0.0125. The van der Waals surface area contributed by atoms with Crippen molar-refractivity contribution in [1.82, 2.24) is 24.3 Å². The molecule has 10 heteroatoms. The van der Waals surface area contributed by atoms with Crippen molar-refractivity contribution in [3.8, 4) is 11.3 Å². The highest BCUT2D eigenvalue weighted by Crippen LogP contribution is 2.79. The van der Waals surface area contributed by atoms with E-state index in [9.17, 15) is 9.59 Å². The van der Waals surface area contributed by atoms with Gasteiger partial charge in [0.25, 0.3) is 0 Å². The molecule has 0 aromatic carbocycles. The van der Waals surface area contributed by atoms with Gasteiger partial charge in [0.15, 0.2) is 0 Å². The van der Waals surface area contributed by atoms with Gasteiger partial charge in [-0.25, -0.2) is 4.98 Å². The van der Waals surface area contributed by atoms with Gasteiger partial charge in [-0.05, 0) is 186 Å². The van der Waals surface area contributed by atoms with Crippen LogP contribution in [0.25, 0.3) is 11.3 Å². The standard InChI is InChI=1S/C59H89N5O5/c1-12-13-34-68-50(65)41-35-42(53(41,2)3)51(66)69-47-22-23-56(7)45(54(47,4)5)21-24-58(9)46(56)19-18-40-48-39(55(6)26-27-55)20-25-59(48,29-28-57(40,58)8)52(67)64-31-15-17-44(64)49-61-43(38-16-14-30-60-36-38)37-63(49)33-32-62(10)11/h14,16,30,36-37,39-42,44-48H,12-13,15,17-29,31-35H2,1-11H3/t39-,40-,41+,42-,44+,45+,46-,47+,48-,56+,57-,58-,59+/m1/s1. The molecule has 8 fully saturated rings. The van der Waals surface area contributed by atoms with Gasteiger partial charge in [-0.2, -0.15) is 0 Å². The zero-order valence-corrected chi connectivity index (χ0v) is 44.7. The largest absolute Gasteiger partial charge is 0.465 e. The monoisotopic (exact) mass is 948 g/mol. The van der Waals surface area contributed by atoms with Crippen molar-refractivity contribution in [3.05, 3.63) is 36.5 Å². The second-order valence-corrected chi connectivity index (χ2v) is 27.0. The molecular weight excluding hydrogens is 859 g/mol. The van der Waals surface area contributed by atoms with E-state index in [-0.39, 0.29) is 63.0 Å². The predicted octanol–water partition coefficient (Wildman–Crippen LogP) is 12.0. The van der Waals surface area contributed by atoms with E-state index in [1.54, 1.807) is 0 Å². The normalized spacial score (nSPS) is 40.2. The maximum atomic E-state index is 16.1. The molecule has 2 aromatic heterocycles. The summed E-state index contributed by atoms with van der Waals surface area (Å²) in [7, 11) is 4.26. The predicted molar refractivity (Wildman–Crippen MR) is 270 cm³/mol. The SMILES string of the molecule is CCCCOC(=O)[C@@H]1C[C@H](C(=O)O[C@H]2CC[C@]3(C)[C@H]4CC[C@@H]5[C@H]6[C@H](C7(C)CC7)CC[C@]6(C(=O)N6CCC[C@H]6c6nc(-c7cccnc7)cn6CCN(C)C)CC[C@@]5(C)[C@]4(C)CC[C@H]3C2(C)C)C1(C)C. The third-order valence-corrected chi connectivity index (χ3v) is 22.9. The van der Waals surface area contributed by atoms with Gasteiger partial charge < -0.3 is 23.8 Å². The number of hydrogen-bond acceptors (Lipinski definition) is 8. The summed E-state index contributed by atoms with van der Waals surface area (Å²) in [6, 6.07) is 4.07. The number of hydrogen-bond donors (Lipinski definition) is 0. The second kappa shape index (κ2) is 17.5. The van der Waals surface area contributed by atoms with Crippen LogP contribution in [0, 0.1) is 79.3 Å². The molecule has 13 atom stereocenters. The number of unbranched alkanes of at least 4 members (excludes halogenated alkanes) is 1. The molecule has 0 unspecified atom stereocenters. The van der Waals surface area contributed by atoms with Crippen LogP contribution in [-0.2, 0) is 30.4 Å². The summed E-state index contributed by atoms with van der Waals surface area (Å²) in [5.41, 5.74) is 1.84. The van der Waals surface area contributed by atoms with Crippen molar-refractivity contribution in [2.75, 3.05) is 33.8 Å². The lowest BCUT2D eigenvalue weighted by atomic mass is 9.32. The molecule has 0 radical (unpaired) electrons. The molecule has 1 saturated heterocycles. The van der Waals surface area contributed by atoms with E-state index >= 15 is 4.79 Å². The molecule has 2 aromatic rings. The van der Waals surface area contributed by atoms with Crippen molar-refractivity contribution in [1.29, 1.82) is 0 Å². The maximum Gasteiger partial charge on any atom is 0.309 e. The molecule has 7 saturated carbocycles. The number of amides is 1. The van der Waals surface area contributed by atoms with Crippen LogP contribution in [0.5, 0.6) is 0 Å². The van der Waals surface area contributed by atoms with Crippen LogP contribution in [0.3, 0.4) is 0 Å². The molecule has 7 aliphatic carbocycles. The van der Waals surface area contributed by atoms with Crippen LogP contribution >= 0.6 is 0 Å². The number of imidazole rings is 1. The first-order valence-electron chi connectivity index (χ1n) is 28.0. The van der Waals surface area contributed by atoms with Gasteiger partial charge in [0.1, 0.15) is 11.9 Å². The summed E-state index contributed by atoms with van der Waals surface area (Å²) >= 11 is 0. The Balaban J connectivity index is 0.894. The summed E-state index contributed by atoms with van der Waals surface area (Å²) in [5.74, 6) is 3.28. The van der Waals surface area contributed by atoms with E-state index in [1.807, 2.05) is 32.3 Å². The van der Waals surface area contributed by atoms with Crippen molar-refractivity contribution in [2.24, 2.45) is 79.3 Å². The smallest absolute Gasteiger partial charge is 0.309 e. The molecule has 1 aliphatic heterocycles. The fourth-order valence-electron chi connectivity index (χ4n) is 18.3. The van der Waals surface area contributed by atoms with Gasteiger partial charge in [-0.1, -0.05) is 68.7 Å². The molecule has 69 heavy (non-hydrogen) atoms. The van der Waals surface area contributed by atoms with Crippen LogP contribution in [0.2, 0.25) is 0 Å². The van der Waals surface area contributed by atoms with Gasteiger partial charge in [0, 0.05) is 49.2 Å². The fourth-order valence-corrected chi connectivity index (χ4v) is 18.3. The number of carbonyl (C=O) groups is 3. The van der Waals surface area contributed by atoms with Crippen molar-refractivity contribution in [2.45, 2.75) is 190 Å². The lowest BCUT2D eigenvalue weighted by Crippen LogP contribution is -2.67. The fraction of sp³-hybridized carbons (Fsp3) is 0.814. The molecule has 380 valence electrons. The molecule has 10 rings (SSSR count). The van der Waals surface area contributed by atoms with Crippen LogP contribution in [-0.4, -0.2) is 82.1 Å². The summed E-state index contributed by atoms with van der Waals surface area (Å²) in [6.07, 6.45) is 23.9. The van der Waals surface area contributed by atoms with Crippen LogP contribution in [0.15, 0.2) is 30.7 Å². The molecule has 10 nitrogen and oxygen atoms in total. The summed E-state index contributed by atoms with van der Waals surface area (Å²) < 4.78 is 14.6. The summed E-state index contributed by atoms with van der Waals surface area (Å²) in [4.78, 5) is 57.6. The minimum atomic E-state index is -0.470. The lowest BCUT2D eigenvalue weighted by Gasteiger charge is -2.73. The number of rotatable bonds is 13. The molecule has 1 amide bonds. The first-order valence-corrected chi connectivity index (χ1v) is 28.0. The van der Waals surface area contributed by atoms with Gasteiger partial charge in [-0.15, -0.1) is 0 Å². The molecule has 0 N–H and O–H groups in total. The van der Waals surface area contributed by atoms with E-state index in [1.165, 1.54) is 38.5 Å². The van der Waals surface area contributed by atoms with Gasteiger partial charge in [0.05, 0.1) is 35.6 Å². The average molecular weight is 948 g/mol. The Kier molecular flexibility index (Phi) is 12.5. The molecular formula is C59H89N5O5. The topological polar surface area (TPSA) is 107 Å². The Morgan fingerprint density at radius 1 is 0.797 bits per heavy atom. The van der Waals surface area contributed by atoms with E-state index < -0.39 is 5.41 Å². The van der Waals surface area contributed by atoms with Crippen LogP contribution in [0.1, 0.15) is 183 Å². The Morgan fingerprint density at radius 3 is 2.26 bits per heavy atom. The van der Waals surface area contributed by atoms with Crippen LogP contribution in [0.4, 0.5) is 0 Å². The highest BCUT2D eigenvalue weighted by molar-refractivity contribution is 5.85. The number of fused-ring (bicyclic) bond motifs is 7. The number of pyridine rings is 1. The number of carbonyl (C=O) groups excluding carboxylic acids is 3. The minimum Gasteiger partial charge on any atom is -0.465 e. The number of likely N-dealkylation sites (tertiary alicyclic amines) is 1. The summed E-state index contributed by atoms with van der Waals surface area (Å²) in [5, 5.41) is 0. The first-order chi connectivity index (χ1) is 32.7. The quantitative estimate of drug-likeness (QED) is 0.144. The zero-order valence-electron chi connectivity index (χ0n) is 44.7. The Hall–Kier alpha value is -3.27. The third kappa shape index (κ3) is 7.63. The van der Waals surface area contributed by atoms with E-state index in [4.69, 9.17) is 14.5 Å². The number of aromatic nitrogens is 3. The van der Waals surface area contributed by atoms with Gasteiger partial charge in [-0.3, -0.25) is 19.4 Å². The van der Waals surface area contributed by atoms with E-state index in [0.717, 1.165) is 101 Å². The van der Waals surface area contributed by atoms with E-state index in [0.29, 0.717) is 53.9 Å². The van der Waals surface area contributed by atoms with E-state index in [2.05, 4.69) is 94.2 Å². The lowest BCUT2D eigenvalue weighted by molar-refractivity contribution is -0.253. The highest BCUT2D eigenvalue weighted by Gasteiger charge is 2.74. The second-order valence-electron chi connectivity index (χ2n) is 27.0. The van der Waals surface area contributed by atoms with Crippen molar-refractivity contribution in [3.63, 3.8) is 0 Å². The first kappa shape index (κ1) is 49.3. The highest BCUT2D eigenvalue weighted by atomic mass is 16.5. The Bertz CT molecular complexity index is 2270. The van der Waals surface area contributed by atoms with Crippen molar-refractivity contribution < 1.29 is 23.9 Å². The average Bonchev–Trinajstić information content (AvgIpc) is 3.64. The Morgan fingerprint density at radius 2 is 1.57 bits per heavy atom. The van der Waals surface area contributed by atoms with Gasteiger partial charge in [0.2, 0.25) is 5.91 Å². The zero-order chi connectivity index (χ0) is 49.1. The van der Waals surface area contributed by atoms with Gasteiger partial charge >= 0.3 is 11.9 Å². The number of nitrogens with zero attached hydrogens (tertiary/aromatic N) is 5. The third-order valence-electron chi connectivity index (χ3n) is 22.9. The molecule has 0 bridgehead atoms. The molecule has 3 heterocycles. The van der Waals surface area contributed by atoms with Crippen molar-refractivity contribution >= 4 is 17.8 Å². The van der Waals surface area contributed by atoms with Crippen LogP contribution < -0.4 is 0 Å². The Labute approximate surface area is 415 Å².